The van der Waals surface area contributed by atoms with E-state index in [-0.39, 0.29) is 11.9 Å². The van der Waals surface area contributed by atoms with Crippen molar-refractivity contribution in [3.63, 3.8) is 0 Å². The molecule has 2 heterocycles. The highest BCUT2D eigenvalue weighted by atomic mass is 16.5. The summed E-state index contributed by atoms with van der Waals surface area (Å²) in [5.41, 5.74) is 1.74. The molecule has 1 N–H and O–H groups in total. The fourth-order valence-corrected chi connectivity index (χ4v) is 1.93. The zero-order valence-corrected chi connectivity index (χ0v) is 11.5. The highest BCUT2D eigenvalue weighted by Crippen LogP contribution is 2.18. The van der Waals surface area contributed by atoms with Crippen molar-refractivity contribution >= 4 is 17.3 Å². The van der Waals surface area contributed by atoms with Crippen molar-refractivity contribution in [3.8, 4) is 0 Å². The Kier molecular flexibility index (Phi) is 3.69. The van der Waals surface area contributed by atoms with E-state index in [1.165, 1.54) is 7.11 Å². The lowest BCUT2D eigenvalue weighted by molar-refractivity contribution is -0.142. The Balaban J connectivity index is 2.36. The number of hydrogen-bond acceptors (Lipinski definition) is 5. The first-order valence-electron chi connectivity index (χ1n) is 6.18. The van der Waals surface area contributed by atoms with Crippen molar-refractivity contribution < 1.29 is 9.53 Å². The van der Waals surface area contributed by atoms with Gasteiger partial charge in [0.05, 0.1) is 12.8 Å². The van der Waals surface area contributed by atoms with Crippen LogP contribution in [-0.4, -0.2) is 33.7 Å². The first-order valence-corrected chi connectivity index (χ1v) is 6.18. The van der Waals surface area contributed by atoms with Gasteiger partial charge in [-0.05, 0) is 18.9 Å². The van der Waals surface area contributed by atoms with Crippen molar-refractivity contribution in [2.45, 2.75) is 26.8 Å². The standard InChI is InChI=1S/C13H18N4O2/c1-8(2)11(13(18)19-4)15-12-10-7-9(3)16-17(10)6-5-14-12/h5-8,11H,1-4H3,(H,14,15). The number of nitrogens with one attached hydrogen (secondary N) is 1. The van der Waals surface area contributed by atoms with Gasteiger partial charge in [-0.3, -0.25) is 0 Å². The number of hydrogen-bond donors (Lipinski definition) is 1. The van der Waals surface area contributed by atoms with Crippen LogP contribution in [-0.2, 0) is 9.53 Å². The Morgan fingerprint density at radius 1 is 1.47 bits per heavy atom. The fourth-order valence-electron chi connectivity index (χ4n) is 1.93. The van der Waals surface area contributed by atoms with Crippen LogP contribution >= 0.6 is 0 Å². The molecule has 0 saturated carbocycles. The smallest absolute Gasteiger partial charge is 0.328 e. The van der Waals surface area contributed by atoms with E-state index in [0.717, 1.165) is 11.2 Å². The monoisotopic (exact) mass is 262 g/mol. The summed E-state index contributed by atoms with van der Waals surface area (Å²) in [5, 5.41) is 7.45. The average molecular weight is 262 g/mol. The van der Waals surface area contributed by atoms with Gasteiger partial charge in [-0.25, -0.2) is 14.3 Å². The highest BCUT2D eigenvalue weighted by Gasteiger charge is 2.24. The molecule has 0 fully saturated rings. The molecule has 0 radical (unpaired) electrons. The summed E-state index contributed by atoms with van der Waals surface area (Å²) in [5.74, 6) is 0.431. The molecule has 102 valence electrons. The molecule has 0 aliphatic carbocycles. The predicted molar refractivity (Wildman–Crippen MR) is 72.0 cm³/mol. The third-order valence-electron chi connectivity index (χ3n) is 2.93. The van der Waals surface area contributed by atoms with Crippen LogP contribution in [0.5, 0.6) is 0 Å². The molecule has 0 aliphatic rings. The van der Waals surface area contributed by atoms with Gasteiger partial charge in [-0.2, -0.15) is 5.10 Å². The van der Waals surface area contributed by atoms with Gasteiger partial charge in [0.15, 0.2) is 5.82 Å². The van der Waals surface area contributed by atoms with Crippen molar-refractivity contribution in [1.29, 1.82) is 0 Å². The molecule has 2 aromatic rings. The quantitative estimate of drug-likeness (QED) is 0.848. The van der Waals surface area contributed by atoms with E-state index in [1.807, 2.05) is 26.8 Å². The summed E-state index contributed by atoms with van der Waals surface area (Å²) < 4.78 is 6.55. The first-order chi connectivity index (χ1) is 9.02. The van der Waals surface area contributed by atoms with Crippen molar-refractivity contribution in [2.24, 2.45) is 5.92 Å². The number of ether oxygens (including phenoxy) is 1. The number of methoxy groups -OCH3 is 1. The molecule has 2 rings (SSSR count). The van der Waals surface area contributed by atoms with Gasteiger partial charge < -0.3 is 10.1 Å². The minimum absolute atomic E-state index is 0.0959. The van der Waals surface area contributed by atoms with E-state index in [9.17, 15) is 4.79 Å². The van der Waals surface area contributed by atoms with Crippen molar-refractivity contribution in [3.05, 3.63) is 24.2 Å². The Morgan fingerprint density at radius 2 is 2.21 bits per heavy atom. The summed E-state index contributed by atoms with van der Waals surface area (Å²) in [6.07, 6.45) is 3.42. The largest absolute Gasteiger partial charge is 0.467 e. The van der Waals surface area contributed by atoms with E-state index in [0.29, 0.717) is 5.82 Å². The molecule has 1 unspecified atom stereocenters. The molecule has 0 spiro atoms. The molecule has 6 nitrogen and oxygen atoms in total. The Hall–Kier alpha value is -2.11. The zero-order valence-electron chi connectivity index (χ0n) is 11.5. The van der Waals surface area contributed by atoms with Crippen molar-refractivity contribution in [1.82, 2.24) is 14.6 Å². The number of aromatic nitrogens is 3. The number of carbonyl (C=O) groups is 1. The van der Waals surface area contributed by atoms with E-state index >= 15 is 0 Å². The minimum Gasteiger partial charge on any atom is -0.467 e. The van der Waals surface area contributed by atoms with Gasteiger partial charge in [-0.1, -0.05) is 13.8 Å². The van der Waals surface area contributed by atoms with E-state index in [4.69, 9.17) is 4.74 Å². The molecule has 0 aliphatic heterocycles. The van der Waals surface area contributed by atoms with Crippen molar-refractivity contribution in [2.75, 3.05) is 12.4 Å². The Labute approximate surface area is 111 Å². The maximum absolute atomic E-state index is 11.8. The molecule has 0 amide bonds. The molecule has 0 aromatic carbocycles. The van der Waals surface area contributed by atoms with Gasteiger partial charge in [0, 0.05) is 12.4 Å². The number of aryl methyl sites for hydroxylation is 1. The number of anilines is 1. The van der Waals surface area contributed by atoms with Gasteiger partial charge in [-0.15, -0.1) is 0 Å². The predicted octanol–water partition coefficient (Wildman–Crippen LogP) is 1.65. The summed E-state index contributed by atoms with van der Waals surface area (Å²) in [6, 6.07) is 1.49. The van der Waals surface area contributed by atoms with E-state index < -0.39 is 6.04 Å². The number of esters is 1. The number of fused-ring (bicyclic) bond motifs is 1. The number of nitrogens with zero attached hydrogens (tertiary/aromatic N) is 3. The van der Waals surface area contributed by atoms with Crippen LogP contribution in [0.3, 0.4) is 0 Å². The van der Waals surface area contributed by atoms with Crippen LogP contribution in [0.25, 0.3) is 5.52 Å². The molecule has 1 atom stereocenters. The molecular formula is C13H18N4O2. The maximum Gasteiger partial charge on any atom is 0.328 e. The second-order valence-corrected chi connectivity index (χ2v) is 4.78. The van der Waals surface area contributed by atoms with Crippen LogP contribution in [0.15, 0.2) is 18.5 Å². The lowest BCUT2D eigenvalue weighted by atomic mass is 10.0. The second-order valence-electron chi connectivity index (χ2n) is 4.78. The summed E-state index contributed by atoms with van der Waals surface area (Å²) in [7, 11) is 1.39. The summed E-state index contributed by atoms with van der Waals surface area (Å²) >= 11 is 0. The van der Waals surface area contributed by atoms with Gasteiger partial charge in [0.25, 0.3) is 0 Å². The maximum atomic E-state index is 11.8. The molecule has 2 aromatic heterocycles. The third kappa shape index (κ3) is 2.67. The van der Waals surface area contributed by atoms with E-state index in [2.05, 4.69) is 15.4 Å². The Bertz CT molecular complexity index is 591. The lowest BCUT2D eigenvalue weighted by Gasteiger charge is -2.20. The molecule has 19 heavy (non-hydrogen) atoms. The average Bonchev–Trinajstić information content (AvgIpc) is 2.75. The fraction of sp³-hybridized carbons (Fsp3) is 0.462. The van der Waals surface area contributed by atoms with E-state index in [1.54, 1.807) is 16.9 Å². The van der Waals surface area contributed by atoms with Crippen LogP contribution < -0.4 is 5.32 Å². The van der Waals surface area contributed by atoms with Gasteiger partial charge in [0.1, 0.15) is 11.6 Å². The number of carbonyl (C=O) groups excluding carboxylic acids is 1. The molecule has 0 saturated heterocycles. The summed E-state index contributed by atoms with van der Waals surface area (Å²) in [4.78, 5) is 16.0. The topological polar surface area (TPSA) is 68.5 Å². The molecular weight excluding hydrogens is 244 g/mol. The lowest BCUT2D eigenvalue weighted by Crippen LogP contribution is -2.35. The first kappa shape index (κ1) is 13.3. The third-order valence-corrected chi connectivity index (χ3v) is 2.93. The summed E-state index contributed by atoms with van der Waals surface area (Å²) in [6.45, 7) is 5.82. The molecule has 0 bridgehead atoms. The SMILES string of the molecule is COC(=O)C(Nc1nccn2nc(C)cc12)C(C)C. The Morgan fingerprint density at radius 3 is 2.84 bits per heavy atom. The van der Waals surface area contributed by atoms with Crippen LogP contribution in [0, 0.1) is 12.8 Å². The normalized spacial score (nSPS) is 12.7. The second kappa shape index (κ2) is 5.26. The van der Waals surface area contributed by atoms with Crippen LogP contribution in [0.1, 0.15) is 19.5 Å². The highest BCUT2D eigenvalue weighted by molar-refractivity contribution is 5.81. The van der Waals surface area contributed by atoms with Gasteiger partial charge >= 0.3 is 5.97 Å². The molecule has 6 heteroatoms. The number of rotatable bonds is 4. The van der Waals surface area contributed by atoms with Crippen LogP contribution in [0.2, 0.25) is 0 Å². The van der Waals surface area contributed by atoms with Crippen LogP contribution in [0.4, 0.5) is 5.82 Å². The zero-order chi connectivity index (χ0) is 14.0. The minimum atomic E-state index is -0.432. The van der Waals surface area contributed by atoms with Gasteiger partial charge in [0.2, 0.25) is 0 Å².